The van der Waals surface area contributed by atoms with Gasteiger partial charge >= 0.3 is 0 Å². The topological polar surface area (TPSA) is 86.3 Å². The Morgan fingerprint density at radius 1 is 1.00 bits per heavy atom. The van der Waals surface area contributed by atoms with Crippen molar-refractivity contribution in [1.29, 1.82) is 0 Å². The van der Waals surface area contributed by atoms with Crippen molar-refractivity contribution in [2.45, 2.75) is 13.5 Å². The van der Waals surface area contributed by atoms with Crippen LogP contribution in [0.5, 0.6) is 23.0 Å². The molecule has 2 amide bonds. The number of hydrogen-bond acceptors (Lipinski definition) is 6. The van der Waals surface area contributed by atoms with E-state index in [0.29, 0.717) is 49.8 Å². The van der Waals surface area contributed by atoms with Gasteiger partial charge in [0.15, 0.2) is 23.0 Å². The predicted molar refractivity (Wildman–Crippen MR) is 140 cm³/mol. The van der Waals surface area contributed by atoms with Crippen molar-refractivity contribution in [2.75, 3.05) is 18.4 Å². The Labute approximate surface area is 224 Å². The fourth-order valence-corrected chi connectivity index (χ4v) is 4.71. The van der Waals surface area contributed by atoms with Crippen LogP contribution < -0.4 is 29.4 Å². The van der Waals surface area contributed by atoms with Gasteiger partial charge in [-0.2, -0.15) is 0 Å². The van der Waals surface area contributed by atoms with E-state index in [1.165, 1.54) is 11.1 Å². The van der Waals surface area contributed by atoms with Gasteiger partial charge in [0.05, 0.1) is 16.8 Å². The maximum Gasteiger partial charge on any atom is 0.282 e. The van der Waals surface area contributed by atoms with Crippen LogP contribution in [0.15, 0.2) is 69.1 Å². The molecule has 0 aromatic heterocycles. The van der Waals surface area contributed by atoms with Gasteiger partial charge in [-0.1, -0.05) is 24.3 Å². The average Bonchev–Trinajstić information content (AvgIpc) is 3.47. The van der Waals surface area contributed by atoms with Gasteiger partial charge in [0.1, 0.15) is 12.2 Å². The number of para-hydroxylation sites is 1. The molecule has 5 rings (SSSR count). The van der Waals surface area contributed by atoms with Gasteiger partial charge < -0.3 is 18.9 Å². The van der Waals surface area contributed by atoms with Crippen molar-refractivity contribution < 1.29 is 28.5 Å². The number of nitrogens with zero attached hydrogens (tertiary/aromatic N) is 1. The molecule has 0 bridgehead atoms. The fraction of sp³-hybridized carbons (Fsp3) is 0.154. The highest BCUT2D eigenvalue weighted by Gasteiger charge is 2.34. The third-order valence-electron chi connectivity index (χ3n) is 5.48. The number of carbonyl (C=O) groups excluding carboxylic acids is 2. The first kappa shape index (κ1) is 24.2. The average molecular weight is 616 g/mol. The van der Waals surface area contributed by atoms with E-state index in [4.69, 9.17) is 18.9 Å². The maximum atomic E-state index is 13.0. The van der Waals surface area contributed by atoms with Gasteiger partial charge in [0, 0.05) is 4.47 Å². The van der Waals surface area contributed by atoms with E-state index in [1.54, 1.807) is 30.3 Å². The standard InChI is InChI=1S/C26H20Br2N2O6/c1-2-33-21-12-16(11-18-25(31)29-30(26(18)32)17-6-4-3-5-7-17)22(27)23(28)24(21)34-13-15-8-9-19-20(10-15)36-14-35-19/h3-12H,2,13-14H2,1H3,(H,29,31)/b18-11-. The lowest BCUT2D eigenvalue weighted by molar-refractivity contribution is -0.117. The molecule has 184 valence electrons. The zero-order valence-corrected chi connectivity index (χ0v) is 22.2. The summed E-state index contributed by atoms with van der Waals surface area (Å²) in [6, 6.07) is 16.2. The smallest absolute Gasteiger partial charge is 0.282 e. The molecule has 8 nitrogen and oxygen atoms in total. The molecule has 2 heterocycles. The first-order valence-electron chi connectivity index (χ1n) is 11.0. The quantitative estimate of drug-likeness (QED) is 0.284. The number of nitrogens with one attached hydrogen (secondary N) is 1. The SMILES string of the molecule is CCOc1cc(/C=C2/C(=O)NN(c3ccccc3)C2=O)c(Br)c(Br)c1OCc1ccc2c(c1)OCO2. The van der Waals surface area contributed by atoms with Crippen molar-refractivity contribution in [3.05, 3.63) is 80.2 Å². The molecule has 10 heteroatoms. The Morgan fingerprint density at radius 3 is 2.56 bits per heavy atom. The van der Waals surface area contributed by atoms with Crippen molar-refractivity contribution in [2.24, 2.45) is 0 Å². The molecular weight excluding hydrogens is 596 g/mol. The number of carbonyl (C=O) groups is 2. The molecule has 3 aromatic carbocycles. The summed E-state index contributed by atoms with van der Waals surface area (Å²) in [5.74, 6) is 1.38. The second kappa shape index (κ2) is 10.2. The fourth-order valence-electron chi connectivity index (χ4n) is 3.76. The maximum absolute atomic E-state index is 13.0. The van der Waals surface area contributed by atoms with Gasteiger partial charge in [-0.15, -0.1) is 0 Å². The van der Waals surface area contributed by atoms with Crippen LogP contribution in [-0.4, -0.2) is 25.2 Å². The lowest BCUT2D eigenvalue weighted by atomic mass is 10.1. The Balaban J connectivity index is 1.44. The van der Waals surface area contributed by atoms with Crippen molar-refractivity contribution in [1.82, 2.24) is 5.43 Å². The Morgan fingerprint density at radius 2 is 1.78 bits per heavy atom. The van der Waals surface area contributed by atoms with E-state index in [9.17, 15) is 9.59 Å². The Bertz CT molecular complexity index is 1380. The van der Waals surface area contributed by atoms with Gasteiger partial charge in [-0.05, 0) is 86.3 Å². The Kier molecular flexibility index (Phi) is 6.88. The molecule has 1 saturated heterocycles. The largest absolute Gasteiger partial charge is 0.490 e. The lowest BCUT2D eigenvalue weighted by Crippen LogP contribution is -2.35. The number of benzene rings is 3. The summed E-state index contributed by atoms with van der Waals surface area (Å²) in [7, 11) is 0. The van der Waals surface area contributed by atoms with E-state index >= 15 is 0 Å². The molecule has 0 atom stereocenters. The molecule has 2 aliphatic rings. The molecule has 0 spiro atoms. The minimum Gasteiger partial charge on any atom is -0.490 e. The molecule has 0 unspecified atom stereocenters. The van der Waals surface area contributed by atoms with E-state index in [1.807, 2.05) is 31.2 Å². The van der Waals surface area contributed by atoms with E-state index in [0.717, 1.165) is 5.56 Å². The van der Waals surface area contributed by atoms with Crippen molar-refractivity contribution >= 4 is 55.4 Å². The van der Waals surface area contributed by atoms with Crippen LogP contribution in [0.4, 0.5) is 5.69 Å². The number of halogens is 2. The van der Waals surface area contributed by atoms with Crippen LogP contribution in [0.1, 0.15) is 18.1 Å². The highest BCUT2D eigenvalue weighted by atomic mass is 79.9. The first-order chi connectivity index (χ1) is 17.5. The van der Waals surface area contributed by atoms with Gasteiger partial charge in [0.25, 0.3) is 11.8 Å². The number of hydrogen-bond donors (Lipinski definition) is 1. The minimum absolute atomic E-state index is 0.00271. The zero-order chi connectivity index (χ0) is 25.2. The summed E-state index contributed by atoms with van der Waals surface area (Å²) < 4.78 is 24.0. The summed E-state index contributed by atoms with van der Waals surface area (Å²) in [5.41, 5.74) is 4.65. The van der Waals surface area contributed by atoms with Crippen LogP contribution in [0.25, 0.3) is 6.08 Å². The summed E-state index contributed by atoms with van der Waals surface area (Å²) in [6.45, 7) is 2.72. The molecule has 2 aliphatic heterocycles. The van der Waals surface area contributed by atoms with E-state index in [2.05, 4.69) is 37.3 Å². The molecule has 0 aliphatic carbocycles. The number of hydrazine groups is 1. The summed E-state index contributed by atoms with van der Waals surface area (Å²) in [6.07, 6.45) is 1.53. The van der Waals surface area contributed by atoms with Crippen LogP contribution in [0, 0.1) is 0 Å². The number of rotatable bonds is 7. The normalized spacial score (nSPS) is 15.4. The molecule has 0 radical (unpaired) electrons. The second-order valence-electron chi connectivity index (χ2n) is 7.81. The number of amides is 2. The van der Waals surface area contributed by atoms with Gasteiger partial charge in [-0.25, -0.2) is 5.01 Å². The van der Waals surface area contributed by atoms with Crippen molar-refractivity contribution in [3.63, 3.8) is 0 Å². The molecule has 3 aromatic rings. The van der Waals surface area contributed by atoms with Crippen LogP contribution >= 0.6 is 31.9 Å². The minimum atomic E-state index is -0.493. The van der Waals surface area contributed by atoms with Crippen LogP contribution in [0.3, 0.4) is 0 Å². The van der Waals surface area contributed by atoms with Crippen LogP contribution in [0.2, 0.25) is 0 Å². The summed E-state index contributed by atoms with van der Waals surface area (Å²) in [5, 5.41) is 1.23. The number of fused-ring (bicyclic) bond motifs is 1. The summed E-state index contributed by atoms with van der Waals surface area (Å²) in [4.78, 5) is 25.6. The number of ether oxygens (including phenoxy) is 4. The van der Waals surface area contributed by atoms with Crippen molar-refractivity contribution in [3.8, 4) is 23.0 Å². The second-order valence-corrected chi connectivity index (χ2v) is 9.39. The molecule has 1 fully saturated rings. The van der Waals surface area contributed by atoms with Gasteiger partial charge in [-0.3, -0.25) is 15.0 Å². The Hall–Kier alpha value is -3.50. The third kappa shape index (κ3) is 4.66. The number of anilines is 1. The highest BCUT2D eigenvalue weighted by molar-refractivity contribution is 9.13. The van der Waals surface area contributed by atoms with Gasteiger partial charge in [0.2, 0.25) is 6.79 Å². The molecule has 36 heavy (non-hydrogen) atoms. The van der Waals surface area contributed by atoms with E-state index < -0.39 is 11.8 Å². The summed E-state index contributed by atoms with van der Waals surface area (Å²) >= 11 is 7.15. The molecular formula is C26H20Br2N2O6. The lowest BCUT2D eigenvalue weighted by Gasteiger charge is -2.17. The third-order valence-corrected chi connectivity index (χ3v) is 7.62. The van der Waals surface area contributed by atoms with Crippen LogP contribution in [-0.2, 0) is 16.2 Å². The zero-order valence-electron chi connectivity index (χ0n) is 19.0. The first-order valence-corrected chi connectivity index (χ1v) is 12.6. The van der Waals surface area contributed by atoms with E-state index in [-0.39, 0.29) is 19.0 Å². The highest BCUT2D eigenvalue weighted by Crippen LogP contribution is 2.44. The molecule has 1 N–H and O–H groups in total. The monoisotopic (exact) mass is 614 g/mol. The predicted octanol–water partition coefficient (Wildman–Crippen LogP) is 5.38. The molecule has 0 saturated carbocycles.